The fourth-order valence-corrected chi connectivity index (χ4v) is 2.57. The van der Waals surface area contributed by atoms with Crippen LogP contribution in [0, 0.1) is 0 Å². The average molecular weight is 357 g/mol. The van der Waals surface area contributed by atoms with Crippen molar-refractivity contribution in [2.24, 2.45) is 0 Å². The number of halogens is 1. The molecule has 0 spiro atoms. The molecule has 3 aromatic rings. The molecule has 1 atom stereocenters. The molecule has 1 amide bonds. The van der Waals surface area contributed by atoms with Gasteiger partial charge in [-0.25, -0.2) is 4.98 Å². The lowest BCUT2D eigenvalue weighted by Gasteiger charge is -2.27. The first kappa shape index (κ1) is 17.0. The van der Waals surface area contributed by atoms with Crippen molar-refractivity contribution in [1.82, 2.24) is 4.98 Å². The van der Waals surface area contributed by atoms with E-state index in [1.165, 1.54) is 0 Å². The Balaban J connectivity index is 1.78. The molecule has 0 bridgehead atoms. The van der Waals surface area contributed by atoms with E-state index < -0.39 is 0 Å². The number of aromatic nitrogens is 1. The summed E-state index contributed by atoms with van der Waals surface area (Å²) in [5, 5.41) is 0.611. The first-order valence-corrected chi connectivity index (χ1v) is 8.18. The fraction of sp³-hybridized carbons (Fsp3) is 0.158. The zero-order chi connectivity index (χ0) is 17.6. The third kappa shape index (κ3) is 4.19. The Morgan fingerprint density at radius 2 is 2.00 bits per heavy atom. The van der Waals surface area contributed by atoms with Gasteiger partial charge in [0.15, 0.2) is 6.61 Å². The van der Waals surface area contributed by atoms with Gasteiger partial charge in [0.25, 0.3) is 5.91 Å². The number of nitrogens with zero attached hydrogens (tertiary/aromatic N) is 2. The summed E-state index contributed by atoms with van der Waals surface area (Å²) in [6.45, 7) is 1.76. The smallest absolute Gasteiger partial charge is 0.266 e. The van der Waals surface area contributed by atoms with Crippen molar-refractivity contribution in [3.63, 3.8) is 0 Å². The molecule has 25 heavy (non-hydrogen) atoms. The van der Waals surface area contributed by atoms with Gasteiger partial charge in [0.2, 0.25) is 0 Å². The van der Waals surface area contributed by atoms with E-state index in [9.17, 15) is 4.79 Å². The second-order valence-corrected chi connectivity index (χ2v) is 5.82. The molecule has 0 aliphatic rings. The minimum atomic E-state index is -0.314. The van der Waals surface area contributed by atoms with E-state index >= 15 is 0 Å². The highest BCUT2D eigenvalue weighted by Gasteiger charge is 2.26. The molecule has 0 unspecified atom stereocenters. The zero-order valence-electron chi connectivity index (χ0n) is 13.6. The van der Waals surface area contributed by atoms with E-state index in [-0.39, 0.29) is 18.6 Å². The van der Waals surface area contributed by atoms with E-state index in [2.05, 4.69) is 4.98 Å². The van der Waals surface area contributed by atoms with Crippen LogP contribution in [0.15, 0.2) is 71.5 Å². The SMILES string of the molecule is C[C@@H](c1ccco1)N(C(=O)COc1ccc(Cl)cc1)c1ccccn1. The maximum absolute atomic E-state index is 12.8. The largest absolute Gasteiger partial charge is 0.484 e. The Kier molecular flexibility index (Phi) is 5.36. The zero-order valence-corrected chi connectivity index (χ0v) is 14.4. The first-order valence-electron chi connectivity index (χ1n) is 7.80. The highest BCUT2D eigenvalue weighted by atomic mass is 35.5. The minimum absolute atomic E-state index is 0.122. The molecule has 0 aliphatic carbocycles. The highest BCUT2D eigenvalue weighted by Crippen LogP contribution is 2.26. The predicted octanol–water partition coefficient (Wildman–Crippen LogP) is 4.50. The quantitative estimate of drug-likeness (QED) is 0.652. The lowest BCUT2D eigenvalue weighted by atomic mass is 10.2. The maximum atomic E-state index is 12.8. The Morgan fingerprint density at radius 1 is 1.20 bits per heavy atom. The lowest BCUT2D eigenvalue weighted by molar-refractivity contribution is -0.121. The van der Waals surface area contributed by atoms with Gasteiger partial charge in [-0.3, -0.25) is 9.69 Å². The summed E-state index contributed by atoms with van der Waals surface area (Å²) in [5.41, 5.74) is 0. The molecule has 0 saturated carbocycles. The number of ether oxygens (including phenoxy) is 1. The van der Waals surface area contributed by atoms with Gasteiger partial charge in [-0.05, 0) is 55.5 Å². The van der Waals surface area contributed by atoms with Crippen LogP contribution in [0.3, 0.4) is 0 Å². The summed E-state index contributed by atoms with van der Waals surface area (Å²) >= 11 is 5.85. The third-order valence-corrected chi connectivity index (χ3v) is 3.93. The molecule has 2 heterocycles. The standard InChI is InChI=1S/C19H17ClN2O3/c1-14(17-5-4-12-24-17)22(18-6-2-3-11-21-18)19(23)13-25-16-9-7-15(20)8-10-16/h2-12,14H,13H2,1H3/t14-/m0/s1. The van der Waals surface area contributed by atoms with Gasteiger partial charge in [0.05, 0.1) is 12.3 Å². The monoisotopic (exact) mass is 356 g/mol. The molecule has 0 N–H and O–H groups in total. The lowest BCUT2D eigenvalue weighted by Crippen LogP contribution is -2.37. The number of rotatable bonds is 6. The van der Waals surface area contributed by atoms with Gasteiger partial charge in [-0.15, -0.1) is 0 Å². The van der Waals surface area contributed by atoms with Gasteiger partial charge in [0, 0.05) is 11.2 Å². The number of carbonyl (C=O) groups is 1. The summed E-state index contributed by atoms with van der Waals surface area (Å²) in [5.74, 6) is 1.56. The second kappa shape index (κ2) is 7.85. The molecule has 3 rings (SSSR count). The third-order valence-electron chi connectivity index (χ3n) is 3.68. The number of hydrogen-bond donors (Lipinski definition) is 0. The van der Waals surface area contributed by atoms with E-state index in [0.29, 0.717) is 22.4 Å². The molecule has 6 heteroatoms. The Morgan fingerprint density at radius 3 is 2.64 bits per heavy atom. The van der Waals surface area contributed by atoms with Crippen molar-refractivity contribution < 1.29 is 13.9 Å². The van der Waals surface area contributed by atoms with Crippen LogP contribution in [0.2, 0.25) is 5.02 Å². The molecule has 5 nitrogen and oxygen atoms in total. The number of furan rings is 1. The van der Waals surface area contributed by atoms with Crippen LogP contribution in [0.25, 0.3) is 0 Å². The fourth-order valence-electron chi connectivity index (χ4n) is 2.44. The van der Waals surface area contributed by atoms with Gasteiger partial charge < -0.3 is 9.15 Å². The molecule has 0 saturated heterocycles. The van der Waals surface area contributed by atoms with Gasteiger partial charge in [0.1, 0.15) is 17.3 Å². The summed E-state index contributed by atoms with van der Waals surface area (Å²) < 4.78 is 11.0. The van der Waals surface area contributed by atoms with Crippen LogP contribution >= 0.6 is 11.6 Å². The van der Waals surface area contributed by atoms with Crippen LogP contribution in [0.4, 0.5) is 5.82 Å². The van der Waals surface area contributed by atoms with Gasteiger partial charge >= 0.3 is 0 Å². The highest BCUT2D eigenvalue weighted by molar-refractivity contribution is 6.30. The van der Waals surface area contributed by atoms with Crippen LogP contribution in [-0.4, -0.2) is 17.5 Å². The average Bonchev–Trinajstić information content (AvgIpc) is 3.17. The van der Waals surface area contributed by atoms with Gasteiger partial charge in [-0.2, -0.15) is 0 Å². The number of anilines is 1. The summed E-state index contributed by atoms with van der Waals surface area (Å²) in [4.78, 5) is 18.7. The molecule has 0 fully saturated rings. The van der Waals surface area contributed by atoms with E-state index in [0.717, 1.165) is 0 Å². The van der Waals surface area contributed by atoms with Crippen LogP contribution in [-0.2, 0) is 4.79 Å². The van der Waals surface area contributed by atoms with Crippen molar-refractivity contribution in [3.8, 4) is 5.75 Å². The number of carbonyl (C=O) groups excluding carboxylic acids is 1. The maximum Gasteiger partial charge on any atom is 0.266 e. The molecular weight excluding hydrogens is 340 g/mol. The van der Waals surface area contributed by atoms with E-state index in [1.807, 2.05) is 19.1 Å². The molecule has 1 aromatic carbocycles. The molecule has 128 valence electrons. The number of hydrogen-bond acceptors (Lipinski definition) is 4. The topological polar surface area (TPSA) is 55.6 Å². The van der Waals surface area contributed by atoms with Crippen molar-refractivity contribution in [2.75, 3.05) is 11.5 Å². The summed E-state index contributed by atoms with van der Waals surface area (Å²) in [6, 6.07) is 15.6. The molecule has 2 aromatic heterocycles. The molecule has 0 radical (unpaired) electrons. The van der Waals surface area contributed by atoms with Crippen molar-refractivity contribution in [2.45, 2.75) is 13.0 Å². The first-order chi connectivity index (χ1) is 12.1. The molecular formula is C19H17ClN2O3. The normalized spacial score (nSPS) is 11.8. The van der Waals surface area contributed by atoms with Crippen LogP contribution in [0.1, 0.15) is 18.7 Å². The second-order valence-electron chi connectivity index (χ2n) is 5.39. The van der Waals surface area contributed by atoms with E-state index in [1.54, 1.807) is 59.8 Å². The summed E-state index contributed by atoms with van der Waals surface area (Å²) in [7, 11) is 0. The predicted molar refractivity (Wildman–Crippen MR) is 95.8 cm³/mol. The van der Waals surface area contributed by atoms with Crippen molar-refractivity contribution in [1.29, 1.82) is 0 Å². The van der Waals surface area contributed by atoms with Crippen LogP contribution in [0.5, 0.6) is 5.75 Å². The minimum Gasteiger partial charge on any atom is -0.484 e. The van der Waals surface area contributed by atoms with Gasteiger partial charge in [-0.1, -0.05) is 17.7 Å². The van der Waals surface area contributed by atoms with Crippen molar-refractivity contribution in [3.05, 3.63) is 77.8 Å². The number of amides is 1. The summed E-state index contributed by atoms with van der Waals surface area (Å²) in [6.07, 6.45) is 3.22. The number of benzene rings is 1. The van der Waals surface area contributed by atoms with Crippen LogP contribution < -0.4 is 9.64 Å². The Labute approximate surface area is 150 Å². The Bertz CT molecular complexity index is 804. The number of pyridine rings is 1. The Hall–Kier alpha value is -2.79. The molecule has 0 aliphatic heterocycles. The van der Waals surface area contributed by atoms with E-state index in [4.69, 9.17) is 20.8 Å². The van der Waals surface area contributed by atoms with Crippen molar-refractivity contribution >= 4 is 23.3 Å².